The summed E-state index contributed by atoms with van der Waals surface area (Å²) in [5, 5.41) is 13.2. The molecule has 1 fully saturated rings. The lowest BCUT2D eigenvalue weighted by molar-refractivity contribution is -0.184. The highest BCUT2D eigenvalue weighted by Gasteiger charge is 2.60. The quantitative estimate of drug-likeness (QED) is 0.228. The van der Waals surface area contributed by atoms with Gasteiger partial charge in [0.15, 0.2) is 34.9 Å². The first kappa shape index (κ1) is 29.7. The molecule has 4 aromatic rings. The molecule has 0 saturated carbocycles. The lowest BCUT2D eigenvalue weighted by atomic mass is 9.95. The van der Waals surface area contributed by atoms with Gasteiger partial charge in [-0.3, -0.25) is 19.0 Å². The largest absolute Gasteiger partial charge is 0.463 e. The van der Waals surface area contributed by atoms with E-state index in [9.17, 15) is 19.6 Å². The van der Waals surface area contributed by atoms with Crippen LogP contribution in [0, 0.1) is 11.3 Å². The predicted octanol–water partition coefficient (Wildman–Crippen LogP) is 3.64. The van der Waals surface area contributed by atoms with Gasteiger partial charge in [0.25, 0.3) is 0 Å². The van der Waals surface area contributed by atoms with Crippen molar-refractivity contribution in [1.29, 1.82) is 5.26 Å². The third kappa shape index (κ3) is 5.33. The van der Waals surface area contributed by atoms with Crippen LogP contribution in [-0.4, -0.2) is 68.4 Å². The van der Waals surface area contributed by atoms with Crippen LogP contribution in [0.2, 0.25) is 0 Å². The van der Waals surface area contributed by atoms with E-state index in [-0.39, 0.29) is 24.0 Å². The molecule has 4 atom stereocenters. The number of carbonyl (C=O) groups is 3. The summed E-state index contributed by atoms with van der Waals surface area (Å²) in [5.41, 5.74) is 3.65. The Kier molecular flexibility index (Phi) is 7.68. The van der Waals surface area contributed by atoms with Crippen molar-refractivity contribution in [2.45, 2.75) is 57.6 Å². The zero-order chi connectivity index (χ0) is 31.9. The first-order valence-corrected chi connectivity index (χ1v) is 14.3. The molecule has 6 rings (SSSR count). The molecule has 13 heteroatoms. The van der Waals surface area contributed by atoms with Gasteiger partial charge >= 0.3 is 17.9 Å². The van der Waals surface area contributed by atoms with Crippen LogP contribution >= 0.6 is 0 Å². The van der Waals surface area contributed by atoms with Crippen LogP contribution in [0.25, 0.3) is 22.3 Å². The molecule has 1 saturated heterocycles. The SMILES string of the molecule is CC(=O)OC[C@H]1O[C@@H](n2cnc3c(NCC4c5ccccc5-c5ccccc54)nc(C#N)nc32)[C@@](C)(OC(C)=O)[C@@H]1OC(C)=O. The minimum atomic E-state index is -1.60. The number of anilines is 1. The van der Waals surface area contributed by atoms with Crippen LogP contribution in [0.15, 0.2) is 54.9 Å². The fourth-order valence-corrected chi connectivity index (χ4v) is 6.28. The molecule has 0 spiro atoms. The van der Waals surface area contributed by atoms with Gasteiger partial charge in [0, 0.05) is 33.2 Å². The summed E-state index contributed by atoms with van der Waals surface area (Å²) in [6.45, 7) is 5.40. The molecule has 0 bridgehead atoms. The molecule has 3 heterocycles. The number of nitriles is 1. The summed E-state index contributed by atoms with van der Waals surface area (Å²) < 4.78 is 24.2. The summed E-state index contributed by atoms with van der Waals surface area (Å²) in [5.74, 6) is -1.65. The van der Waals surface area contributed by atoms with E-state index < -0.39 is 41.9 Å². The maximum atomic E-state index is 12.3. The van der Waals surface area contributed by atoms with E-state index in [0.29, 0.717) is 17.9 Å². The van der Waals surface area contributed by atoms with Crippen molar-refractivity contribution in [3.8, 4) is 17.2 Å². The van der Waals surface area contributed by atoms with Gasteiger partial charge in [-0.2, -0.15) is 15.2 Å². The minimum Gasteiger partial charge on any atom is -0.463 e. The lowest BCUT2D eigenvalue weighted by Crippen LogP contribution is -2.50. The number of rotatable bonds is 8. The lowest BCUT2D eigenvalue weighted by Gasteiger charge is -2.34. The van der Waals surface area contributed by atoms with Crippen molar-refractivity contribution in [3.05, 3.63) is 71.8 Å². The molecule has 1 aliphatic carbocycles. The number of hydrogen-bond donors (Lipinski definition) is 1. The molecule has 1 aliphatic heterocycles. The van der Waals surface area contributed by atoms with Gasteiger partial charge in [0.2, 0.25) is 5.82 Å². The van der Waals surface area contributed by atoms with E-state index in [1.807, 2.05) is 30.3 Å². The number of nitrogens with one attached hydrogen (secondary N) is 1. The average molecular weight is 611 g/mol. The van der Waals surface area contributed by atoms with Gasteiger partial charge < -0.3 is 24.3 Å². The second-order valence-corrected chi connectivity index (χ2v) is 11.1. The molecule has 0 unspecified atom stereocenters. The van der Waals surface area contributed by atoms with Crippen molar-refractivity contribution in [2.24, 2.45) is 0 Å². The van der Waals surface area contributed by atoms with Crippen LogP contribution in [0.3, 0.4) is 0 Å². The summed E-state index contributed by atoms with van der Waals surface area (Å²) in [6.07, 6.45) is -1.86. The van der Waals surface area contributed by atoms with Crippen molar-refractivity contribution in [1.82, 2.24) is 19.5 Å². The molecule has 2 aliphatic rings. The van der Waals surface area contributed by atoms with E-state index in [4.69, 9.17) is 18.9 Å². The normalized spacial score (nSPS) is 21.9. The highest BCUT2D eigenvalue weighted by molar-refractivity contribution is 5.84. The standard InChI is InChI=1S/C32H30N6O7/c1-17(39)42-15-25-28(43-18(2)40)32(4,45-19(3)41)31(44-25)38-16-35-27-29(36-26(13-33)37-30(27)38)34-14-24-22-11-7-5-9-20(22)21-10-6-8-12-23(21)24/h5-12,16,24-25,28,31H,14-15H2,1-4H3,(H,34,36,37)/t25-,28-,31-,32+/m1/s1. The Labute approximate surface area is 258 Å². The highest BCUT2D eigenvalue weighted by Crippen LogP contribution is 2.46. The fourth-order valence-electron chi connectivity index (χ4n) is 6.28. The third-order valence-electron chi connectivity index (χ3n) is 8.01. The van der Waals surface area contributed by atoms with Gasteiger partial charge in [0.1, 0.15) is 18.8 Å². The first-order valence-electron chi connectivity index (χ1n) is 14.3. The Hall–Kier alpha value is -5.35. The Bertz CT molecular complexity index is 1820. The topological polar surface area (TPSA) is 168 Å². The number of fused-ring (bicyclic) bond motifs is 4. The maximum absolute atomic E-state index is 12.3. The minimum absolute atomic E-state index is 0.0204. The maximum Gasteiger partial charge on any atom is 0.303 e. The van der Waals surface area contributed by atoms with Gasteiger partial charge in [-0.1, -0.05) is 48.5 Å². The molecule has 1 N–H and O–H groups in total. The smallest absolute Gasteiger partial charge is 0.303 e. The van der Waals surface area contributed by atoms with Gasteiger partial charge in [0.05, 0.1) is 6.33 Å². The van der Waals surface area contributed by atoms with E-state index in [2.05, 4.69) is 44.5 Å². The zero-order valence-electron chi connectivity index (χ0n) is 25.0. The number of hydrogen-bond acceptors (Lipinski definition) is 12. The Morgan fingerprint density at radius 2 is 1.67 bits per heavy atom. The van der Waals surface area contributed by atoms with Crippen LogP contribution < -0.4 is 5.32 Å². The Morgan fingerprint density at radius 1 is 1.00 bits per heavy atom. The molecule has 2 aromatic carbocycles. The molecule has 45 heavy (non-hydrogen) atoms. The Morgan fingerprint density at radius 3 is 2.27 bits per heavy atom. The molecule has 230 valence electrons. The van der Waals surface area contributed by atoms with Gasteiger partial charge in [-0.15, -0.1) is 0 Å². The van der Waals surface area contributed by atoms with E-state index in [0.717, 1.165) is 0 Å². The molecule has 13 nitrogen and oxygen atoms in total. The number of ether oxygens (including phenoxy) is 4. The molecule has 2 aromatic heterocycles. The number of aromatic nitrogens is 4. The number of esters is 3. The van der Waals surface area contributed by atoms with E-state index in [1.54, 1.807) is 6.92 Å². The summed E-state index contributed by atoms with van der Waals surface area (Å²) in [6, 6.07) is 18.5. The monoisotopic (exact) mass is 610 g/mol. The molecule has 0 radical (unpaired) electrons. The van der Waals surface area contributed by atoms with Crippen molar-refractivity contribution in [3.63, 3.8) is 0 Å². The third-order valence-corrected chi connectivity index (χ3v) is 8.01. The van der Waals surface area contributed by atoms with Crippen LogP contribution in [0.1, 0.15) is 56.8 Å². The first-order chi connectivity index (χ1) is 21.6. The number of imidazole rings is 1. The highest BCUT2D eigenvalue weighted by atomic mass is 16.7. The fraction of sp³-hybridized carbons (Fsp3) is 0.344. The predicted molar refractivity (Wildman–Crippen MR) is 159 cm³/mol. The second-order valence-electron chi connectivity index (χ2n) is 11.1. The molecule has 0 amide bonds. The Balaban J connectivity index is 1.38. The van der Waals surface area contributed by atoms with Crippen molar-refractivity contribution >= 4 is 34.9 Å². The number of benzene rings is 2. The molecular weight excluding hydrogens is 580 g/mol. The summed E-state index contributed by atoms with van der Waals surface area (Å²) >= 11 is 0. The van der Waals surface area contributed by atoms with Gasteiger partial charge in [-0.25, -0.2) is 4.98 Å². The van der Waals surface area contributed by atoms with E-state index in [1.165, 1.54) is 53.9 Å². The number of nitrogens with zero attached hydrogens (tertiary/aromatic N) is 5. The van der Waals surface area contributed by atoms with Crippen LogP contribution in [0.5, 0.6) is 0 Å². The molecular formula is C32H30N6O7. The van der Waals surface area contributed by atoms with Crippen molar-refractivity contribution < 1.29 is 33.3 Å². The second kappa shape index (κ2) is 11.6. The van der Waals surface area contributed by atoms with Crippen molar-refractivity contribution in [2.75, 3.05) is 18.5 Å². The zero-order valence-corrected chi connectivity index (χ0v) is 25.0. The van der Waals surface area contributed by atoms with Crippen LogP contribution in [0.4, 0.5) is 5.82 Å². The van der Waals surface area contributed by atoms with E-state index >= 15 is 0 Å². The summed E-state index contributed by atoms with van der Waals surface area (Å²) in [4.78, 5) is 49.4. The summed E-state index contributed by atoms with van der Waals surface area (Å²) in [7, 11) is 0. The van der Waals surface area contributed by atoms with Crippen LogP contribution in [-0.2, 0) is 33.3 Å². The van der Waals surface area contributed by atoms with Gasteiger partial charge in [-0.05, 0) is 29.2 Å². The number of carbonyl (C=O) groups excluding carboxylic acids is 3. The average Bonchev–Trinajstić information content (AvgIpc) is 3.64.